The van der Waals surface area contributed by atoms with Crippen LogP contribution < -0.4 is 0 Å². The van der Waals surface area contributed by atoms with Crippen molar-refractivity contribution >= 4 is 5.97 Å². The van der Waals surface area contributed by atoms with Gasteiger partial charge in [-0.2, -0.15) is 0 Å². The zero-order valence-electron chi connectivity index (χ0n) is 22.5. The number of unbranched alkanes of at least 4 members (excludes halogenated alkanes) is 1. The summed E-state index contributed by atoms with van der Waals surface area (Å²) in [6, 6.07) is 17.6. The number of hydrogen-bond acceptors (Lipinski definition) is 3. The van der Waals surface area contributed by atoms with E-state index in [0.717, 1.165) is 37.2 Å². The zero-order chi connectivity index (χ0) is 25.2. The highest BCUT2D eigenvalue weighted by molar-refractivity contribution is 5.90. The molecule has 2 aromatic carbocycles. The molecule has 2 rings (SSSR count). The van der Waals surface area contributed by atoms with Crippen LogP contribution in [0.3, 0.4) is 0 Å². The van der Waals surface area contributed by atoms with E-state index >= 15 is 0 Å². The van der Waals surface area contributed by atoms with Gasteiger partial charge in [-0.05, 0) is 42.0 Å². The average molecular weight is 447 g/mol. The molecule has 0 unspecified atom stereocenters. The van der Waals surface area contributed by atoms with E-state index in [4.69, 9.17) is 9.47 Å². The Morgan fingerprint density at radius 2 is 1.16 bits per heavy atom. The Bertz CT molecular complexity index is 604. The number of rotatable bonds is 9. The summed E-state index contributed by atoms with van der Waals surface area (Å²) < 4.78 is 10.8. The van der Waals surface area contributed by atoms with Crippen molar-refractivity contribution in [1.29, 1.82) is 0 Å². The van der Waals surface area contributed by atoms with Gasteiger partial charge in [0.25, 0.3) is 0 Å². The lowest BCUT2D eigenvalue weighted by Gasteiger charge is -2.08. The molecule has 0 amide bonds. The molecule has 0 aliphatic carbocycles. The molecule has 0 aliphatic heterocycles. The fourth-order valence-corrected chi connectivity index (χ4v) is 2.30. The van der Waals surface area contributed by atoms with E-state index in [2.05, 4.69) is 26.0 Å². The molecule has 0 N–H and O–H groups in total. The van der Waals surface area contributed by atoms with Crippen LogP contribution in [0.15, 0.2) is 54.6 Å². The van der Waals surface area contributed by atoms with Gasteiger partial charge in [0, 0.05) is 13.2 Å². The highest BCUT2D eigenvalue weighted by atomic mass is 16.5. The SMILES string of the molecule is CC.CC.CC.CC.CC(C)COCCCCOC(=O)c1ccc(-c2ccccc2)cc1. The maximum absolute atomic E-state index is 12.0. The van der Waals surface area contributed by atoms with Gasteiger partial charge in [-0.1, -0.05) is 112 Å². The Hall–Kier alpha value is -2.13. The summed E-state index contributed by atoms with van der Waals surface area (Å²) in [5.41, 5.74) is 2.82. The lowest BCUT2D eigenvalue weighted by atomic mass is 10.0. The molecule has 0 saturated carbocycles. The monoisotopic (exact) mass is 446 g/mol. The van der Waals surface area contributed by atoms with Gasteiger partial charge in [-0.15, -0.1) is 0 Å². The highest BCUT2D eigenvalue weighted by Gasteiger charge is 2.07. The number of carbonyl (C=O) groups is 1. The van der Waals surface area contributed by atoms with Crippen LogP contribution in [-0.2, 0) is 9.47 Å². The lowest BCUT2D eigenvalue weighted by Crippen LogP contribution is -2.08. The Morgan fingerprint density at radius 1 is 0.688 bits per heavy atom. The first-order valence-electron chi connectivity index (χ1n) is 12.6. The first kappa shape index (κ1) is 34.5. The molecule has 0 spiro atoms. The van der Waals surface area contributed by atoms with Crippen molar-refractivity contribution in [3.63, 3.8) is 0 Å². The van der Waals surface area contributed by atoms with Crippen molar-refractivity contribution in [2.75, 3.05) is 19.8 Å². The Balaban J connectivity index is -0.000000945. The number of esters is 1. The van der Waals surface area contributed by atoms with Crippen molar-refractivity contribution in [1.82, 2.24) is 0 Å². The highest BCUT2D eigenvalue weighted by Crippen LogP contribution is 2.19. The third-order valence-corrected chi connectivity index (χ3v) is 3.60. The summed E-state index contributed by atoms with van der Waals surface area (Å²) in [6.45, 7) is 22.2. The summed E-state index contributed by atoms with van der Waals surface area (Å²) in [5, 5.41) is 0. The molecule has 3 nitrogen and oxygen atoms in total. The Labute approximate surface area is 199 Å². The van der Waals surface area contributed by atoms with E-state index in [9.17, 15) is 4.79 Å². The van der Waals surface area contributed by atoms with E-state index < -0.39 is 0 Å². The molecule has 0 atom stereocenters. The van der Waals surface area contributed by atoms with E-state index in [1.54, 1.807) is 0 Å². The molecule has 0 fully saturated rings. The third kappa shape index (κ3) is 17.5. The summed E-state index contributed by atoms with van der Waals surface area (Å²) >= 11 is 0. The maximum Gasteiger partial charge on any atom is 0.338 e. The van der Waals surface area contributed by atoms with Crippen LogP contribution in [-0.4, -0.2) is 25.8 Å². The molecule has 2 aromatic rings. The Morgan fingerprint density at radius 3 is 1.66 bits per heavy atom. The number of hydrogen-bond donors (Lipinski definition) is 0. The predicted octanol–water partition coefficient (Wildman–Crippen LogP) is 9.07. The van der Waals surface area contributed by atoms with Gasteiger partial charge in [-0.3, -0.25) is 0 Å². The van der Waals surface area contributed by atoms with Crippen LogP contribution in [0.25, 0.3) is 11.1 Å². The fraction of sp³-hybridized carbons (Fsp3) is 0.552. The van der Waals surface area contributed by atoms with E-state index in [0.29, 0.717) is 18.1 Å². The molecule has 0 aliphatic rings. The van der Waals surface area contributed by atoms with Crippen LogP contribution >= 0.6 is 0 Å². The van der Waals surface area contributed by atoms with Gasteiger partial charge >= 0.3 is 5.97 Å². The molecule has 3 heteroatoms. The average Bonchev–Trinajstić information content (AvgIpc) is 2.88. The van der Waals surface area contributed by atoms with Gasteiger partial charge in [0.2, 0.25) is 0 Å². The van der Waals surface area contributed by atoms with Gasteiger partial charge in [0.15, 0.2) is 0 Å². The van der Waals surface area contributed by atoms with Crippen molar-refractivity contribution in [2.45, 2.75) is 82.1 Å². The van der Waals surface area contributed by atoms with Crippen LogP contribution in [0.2, 0.25) is 0 Å². The number of benzene rings is 2. The molecule has 0 heterocycles. The molecule has 0 bridgehead atoms. The number of carbonyl (C=O) groups excluding carboxylic acids is 1. The van der Waals surface area contributed by atoms with Gasteiger partial charge in [0.1, 0.15) is 0 Å². The molecule has 0 saturated heterocycles. The lowest BCUT2D eigenvalue weighted by molar-refractivity contribution is 0.0476. The molecular weight excluding hydrogens is 396 g/mol. The second kappa shape index (κ2) is 26.9. The predicted molar refractivity (Wildman–Crippen MR) is 142 cm³/mol. The number of ether oxygens (including phenoxy) is 2. The quantitative estimate of drug-likeness (QED) is 0.284. The zero-order valence-corrected chi connectivity index (χ0v) is 22.5. The molecule has 184 valence electrons. The molecule has 0 radical (unpaired) electrons. The van der Waals surface area contributed by atoms with Crippen molar-refractivity contribution in [2.24, 2.45) is 5.92 Å². The minimum atomic E-state index is -0.266. The third-order valence-electron chi connectivity index (χ3n) is 3.60. The summed E-state index contributed by atoms with van der Waals surface area (Å²) in [4.78, 5) is 12.0. The minimum Gasteiger partial charge on any atom is -0.462 e. The van der Waals surface area contributed by atoms with Gasteiger partial charge in [0.05, 0.1) is 12.2 Å². The smallest absolute Gasteiger partial charge is 0.338 e. The van der Waals surface area contributed by atoms with E-state index in [1.807, 2.05) is 97.9 Å². The van der Waals surface area contributed by atoms with Crippen molar-refractivity contribution in [3.05, 3.63) is 60.2 Å². The topological polar surface area (TPSA) is 35.5 Å². The van der Waals surface area contributed by atoms with E-state index in [-0.39, 0.29) is 5.97 Å². The normalized spacial score (nSPS) is 8.84. The fourth-order valence-electron chi connectivity index (χ4n) is 2.30. The summed E-state index contributed by atoms with van der Waals surface area (Å²) in [5.74, 6) is 0.291. The van der Waals surface area contributed by atoms with E-state index in [1.165, 1.54) is 0 Å². The first-order chi connectivity index (χ1) is 15.7. The standard InChI is InChI=1S/C21H26O3.4C2H6/c1-17(2)16-23-14-6-7-15-24-21(22)20-12-10-19(11-13-20)18-8-4-3-5-9-18;4*1-2/h3-5,8-13,17H,6-7,14-16H2,1-2H3;4*1-2H3. The van der Waals surface area contributed by atoms with Crippen LogP contribution in [0, 0.1) is 5.92 Å². The van der Waals surface area contributed by atoms with Gasteiger partial charge in [-0.25, -0.2) is 4.79 Å². The molecule has 0 aromatic heterocycles. The van der Waals surface area contributed by atoms with Crippen LogP contribution in [0.5, 0.6) is 0 Å². The summed E-state index contributed by atoms with van der Waals surface area (Å²) in [6.07, 6.45) is 1.73. The first-order valence-corrected chi connectivity index (χ1v) is 12.6. The second-order valence-corrected chi connectivity index (χ2v) is 6.26. The van der Waals surface area contributed by atoms with Crippen LogP contribution in [0.1, 0.15) is 92.4 Å². The second-order valence-electron chi connectivity index (χ2n) is 6.26. The van der Waals surface area contributed by atoms with Gasteiger partial charge < -0.3 is 9.47 Å². The van der Waals surface area contributed by atoms with Crippen LogP contribution in [0.4, 0.5) is 0 Å². The Kier molecular flexibility index (Phi) is 29.0. The maximum atomic E-state index is 12.0. The molecular formula is C29H50O3. The minimum absolute atomic E-state index is 0.266. The largest absolute Gasteiger partial charge is 0.462 e. The summed E-state index contributed by atoms with van der Waals surface area (Å²) in [7, 11) is 0. The molecule has 32 heavy (non-hydrogen) atoms. The van der Waals surface area contributed by atoms with Crippen molar-refractivity contribution in [3.8, 4) is 11.1 Å². The van der Waals surface area contributed by atoms with Crippen molar-refractivity contribution < 1.29 is 14.3 Å².